The van der Waals surface area contributed by atoms with Gasteiger partial charge in [-0.05, 0) is 42.0 Å². The van der Waals surface area contributed by atoms with Gasteiger partial charge in [0.15, 0.2) is 0 Å². The summed E-state index contributed by atoms with van der Waals surface area (Å²) in [6.45, 7) is 0.235. The molecule has 4 rings (SSSR count). The first-order valence-electron chi connectivity index (χ1n) is 10.1. The van der Waals surface area contributed by atoms with Crippen molar-refractivity contribution in [3.05, 3.63) is 101 Å². The van der Waals surface area contributed by atoms with E-state index in [1.807, 2.05) is 30.3 Å². The number of halogens is 3. The zero-order valence-corrected chi connectivity index (χ0v) is 17.9. The van der Waals surface area contributed by atoms with Gasteiger partial charge in [-0.15, -0.1) is 13.2 Å². The summed E-state index contributed by atoms with van der Waals surface area (Å²) >= 11 is 0. The summed E-state index contributed by atoms with van der Waals surface area (Å²) < 4.78 is 41.1. The van der Waals surface area contributed by atoms with E-state index in [9.17, 15) is 23.3 Å². The second-order valence-corrected chi connectivity index (χ2v) is 7.11. The van der Waals surface area contributed by atoms with Crippen LogP contribution in [-0.2, 0) is 6.54 Å². The number of aromatic nitrogens is 3. The van der Waals surface area contributed by atoms with Gasteiger partial charge in [0.05, 0.1) is 11.5 Å². The highest BCUT2D eigenvalue weighted by molar-refractivity contribution is 5.77. The molecule has 2 heterocycles. The molecule has 0 amide bonds. The molecule has 0 unspecified atom stereocenters. The Balaban J connectivity index is 1.71. The first-order valence-corrected chi connectivity index (χ1v) is 10.1. The van der Waals surface area contributed by atoms with Crippen LogP contribution < -0.4 is 15.0 Å². The fourth-order valence-corrected chi connectivity index (χ4v) is 3.25. The monoisotopic (exact) mass is 482 g/mol. The third-order valence-corrected chi connectivity index (χ3v) is 4.70. The molecule has 0 aliphatic rings. The average molecular weight is 482 g/mol. The van der Waals surface area contributed by atoms with Crippen LogP contribution in [0.15, 0.2) is 85.3 Å². The van der Waals surface area contributed by atoms with Crippen molar-refractivity contribution in [3.8, 4) is 5.75 Å². The number of anilines is 4. The van der Waals surface area contributed by atoms with Gasteiger partial charge >= 0.3 is 12.0 Å². The number of hydrogen-bond donors (Lipinski definition) is 1. The molecule has 35 heavy (non-hydrogen) atoms. The van der Waals surface area contributed by atoms with E-state index in [-0.39, 0.29) is 23.9 Å². The molecule has 0 saturated carbocycles. The molecule has 9 nitrogen and oxygen atoms in total. The van der Waals surface area contributed by atoms with Crippen molar-refractivity contribution < 1.29 is 22.8 Å². The topological polar surface area (TPSA) is 106 Å². The van der Waals surface area contributed by atoms with Gasteiger partial charge in [-0.3, -0.25) is 10.1 Å². The van der Waals surface area contributed by atoms with Gasteiger partial charge in [0.2, 0.25) is 11.6 Å². The van der Waals surface area contributed by atoms with Crippen LogP contribution in [0.5, 0.6) is 5.75 Å². The molecule has 0 radical (unpaired) electrons. The molecule has 0 fully saturated rings. The van der Waals surface area contributed by atoms with Gasteiger partial charge in [0.1, 0.15) is 17.9 Å². The Morgan fingerprint density at radius 2 is 1.66 bits per heavy atom. The molecule has 0 atom stereocenters. The number of nitrogens with one attached hydrogen (secondary N) is 1. The summed E-state index contributed by atoms with van der Waals surface area (Å²) in [5, 5.41) is 14.9. The van der Waals surface area contributed by atoms with E-state index in [0.29, 0.717) is 5.82 Å². The maximum Gasteiger partial charge on any atom is 0.573 e. The van der Waals surface area contributed by atoms with Crippen LogP contribution in [-0.4, -0.2) is 26.2 Å². The van der Waals surface area contributed by atoms with Crippen LogP contribution in [0.4, 0.5) is 42.0 Å². The number of rotatable bonds is 8. The number of pyridine rings is 1. The largest absolute Gasteiger partial charge is 0.573 e. The zero-order chi connectivity index (χ0) is 24.8. The number of benzene rings is 2. The third kappa shape index (κ3) is 5.99. The van der Waals surface area contributed by atoms with Crippen LogP contribution >= 0.6 is 0 Å². The van der Waals surface area contributed by atoms with Crippen LogP contribution in [0.1, 0.15) is 5.56 Å². The molecule has 2 aromatic heterocycles. The average Bonchev–Trinajstić information content (AvgIpc) is 2.84. The fourth-order valence-electron chi connectivity index (χ4n) is 3.25. The van der Waals surface area contributed by atoms with Gasteiger partial charge in [0, 0.05) is 11.9 Å². The summed E-state index contributed by atoms with van der Waals surface area (Å²) in [4.78, 5) is 25.6. The molecule has 178 valence electrons. The standard InChI is InChI=1S/C23H17F3N6O3/c24-23(25,26)35-18-11-9-17(10-12-18)30-21-20(32(33)34)22(29-15-28-21)31(19-8-4-5-13-27-19)14-16-6-2-1-3-7-16/h1-13,15H,14H2,(H,28,29,30). The number of ether oxygens (including phenoxy) is 1. The summed E-state index contributed by atoms with van der Waals surface area (Å²) in [6, 6.07) is 19.2. The molecule has 0 spiro atoms. The lowest BCUT2D eigenvalue weighted by atomic mass is 10.2. The maximum absolute atomic E-state index is 12.4. The fraction of sp³-hybridized carbons (Fsp3) is 0.0870. The van der Waals surface area contributed by atoms with Crippen molar-refractivity contribution in [1.82, 2.24) is 15.0 Å². The minimum absolute atomic E-state index is 0.00734. The molecule has 4 aromatic rings. The van der Waals surface area contributed by atoms with Gasteiger partial charge in [-0.2, -0.15) is 0 Å². The normalized spacial score (nSPS) is 11.1. The van der Waals surface area contributed by atoms with Gasteiger partial charge < -0.3 is 15.0 Å². The SMILES string of the molecule is O=[N+]([O-])c1c(Nc2ccc(OC(F)(F)F)cc2)ncnc1N(Cc1ccccc1)c1ccccn1. The van der Waals surface area contributed by atoms with Crippen LogP contribution in [0, 0.1) is 10.1 Å². The van der Waals surface area contributed by atoms with E-state index in [4.69, 9.17) is 0 Å². The van der Waals surface area contributed by atoms with E-state index in [1.165, 1.54) is 12.1 Å². The molecule has 1 N–H and O–H groups in total. The minimum atomic E-state index is -4.83. The third-order valence-electron chi connectivity index (χ3n) is 4.70. The molecule has 0 aliphatic heterocycles. The first-order chi connectivity index (χ1) is 16.8. The predicted molar refractivity (Wildman–Crippen MR) is 122 cm³/mol. The van der Waals surface area contributed by atoms with Crippen LogP contribution in [0.25, 0.3) is 0 Å². The Morgan fingerprint density at radius 1 is 0.943 bits per heavy atom. The summed E-state index contributed by atoms with van der Waals surface area (Å²) in [5.74, 6) is -0.145. The summed E-state index contributed by atoms with van der Waals surface area (Å²) in [6.07, 6.45) is -2.11. The van der Waals surface area contributed by atoms with Crippen molar-refractivity contribution in [2.24, 2.45) is 0 Å². The summed E-state index contributed by atoms with van der Waals surface area (Å²) in [7, 11) is 0. The van der Waals surface area contributed by atoms with Gasteiger partial charge in [-0.1, -0.05) is 36.4 Å². The first kappa shape index (κ1) is 23.4. The Bertz CT molecular complexity index is 1290. The van der Waals surface area contributed by atoms with Gasteiger partial charge in [0.25, 0.3) is 0 Å². The molecule has 0 bridgehead atoms. The Hall–Kier alpha value is -4.74. The molecule has 2 aromatic carbocycles. The zero-order valence-electron chi connectivity index (χ0n) is 17.9. The lowest BCUT2D eigenvalue weighted by Crippen LogP contribution is -2.21. The Kier molecular flexibility index (Phi) is 6.71. The number of hydrogen-bond acceptors (Lipinski definition) is 8. The van der Waals surface area contributed by atoms with Crippen LogP contribution in [0.3, 0.4) is 0 Å². The predicted octanol–water partition coefficient (Wildman–Crippen LogP) is 5.76. The van der Waals surface area contributed by atoms with E-state index in [2.05, 4.69) is 25.0 Å². The van der Waals surface area contributed by atoms with Crippen molar-refractivity contribution in [1.29, 1.82) is 0 Å². The number of nitrogens with zero attached hydrogens (tertiary/aromatic N) is 5. The lowest BCUT2D eigenvalue weighted by molar-refractivity contribution is -0.383. The number of alkyl halides is 3. The lowest BCUT2D eigenvalue weighted by Gasteiger charge is -2.23. The second-order valence-electron chi connectivity index (χ2n) is 7.11. The Morgan fingerprint density at radius 3 is 2.29 bits per heavy atom. The van der Waals surface area contributed by atoms with E-state index >= 15 is 0 Å². The second kappa shape index (κ2) is 10.0. The van der Waals surface area contributed by atoms with E-state index in [0.717, 1.165) is 24.0 Å². The molecular weight excluding hydrogens is 465 g/mol. The molecule has 12 heteroatoms. The summed E-state index contributed by atoms with van der Waals surface area (Å²) in [5.41, 5.74) is 0.699. The highest BCUT2D eigenvalue weighted by Crippen LogP contribution is 2.37. The maximum atomic E-state index is 12.4. The molecule has 0 aliphatic carbocycles. The van der Waals surface area contributed by atoms with Crippen LogP contribution in [0.2, 0.25) is 0 Å². The molecular formula is C23H17F3N6O3. The number of nitro groups is 1. The van der Waals surface area contributed by atoms with Gasteiger partial charge in [-0.25, -0.2) is 15.0 Å². The van der Waals surface area contributed by atoms with E-state index < -0.39 is 22.7 Å². The van der Waals surface area contributed by atoms with E-state index in [1.54, 1.807) is 29.3 Å². The van der Waals surface area contributed by atoms with Crippen molar-refractivity contribution in [3.63, 3.8) is 0 Å². The quantitative estimate of drug-likeness (QED) is 0.250. The molecule has 0 saturated heterocycles. The Labute approximate surface area is 197 Å². The minimum Gasteiger partial charge on any atom is -0.406 e. The smallest absolute Gasteiger partial charge is 0.406 e. The van der Waals surface area contributed by atoms with Crippen molar-refractivity contribution >= 4 is 28.8 Å². The van der Waals surface area contributed by atoms with Crippen molar-refractivity contribution in [2.75, 3.05) is 10.2 Å². The highest BCUT2D eigenvalue weighted by Gasteiger charge is 2.31. The van der Waals surface area contributed by atoms with Crippen molar-refractivity contribution in [2.45, 2.75) is 12.9 Å². The highest BCUT2D eigenvalue weighted by atomic mass is 19.4.